The monoisotopic (exact) mass is 180 g/mol. The Morgan fingerprint density at radius 3 is 2.64 bits per heavy atom. The topological polar surface area (TPSA) is 87.6 Å². The second kappa shape index (κ2) is 6.26. The molecule has 0 saturated heterocycles. The van der Waals surface area contributed by atoms with E-state index in [1.54, 1.807) is 0 Å². The van der Waals surface area contributed by atoms with Gasteiger partial charge >= 0.3 is 6.09 Å². The summed E-state index contributed by atoms with van der Waals surface area (Å²) in [4.78, 5) is 10.0. The van der Waals surface area contributed by atoms with Gasteiger partial charge in [0, 0.05) is 0 Å². The van der Waals surface area contributed by atoms with E-state index in [4.69, 9.17) is 10.5 Å². The van der Waals surface area contributed by atoms with Crippen molar-refractivity contribution < 1.29 is 14.3 Å². The SMILES string of the molecule is NC(=O)OCCOCC(N)S. The Bertz CT molecular complexity index is 120. The lowest BCUT2D eigenvalue weighted by Gasteiger charge is -2.05. The number of rotatable bonds is 5. The molecule has 0 aliphatic carbocycles. The van der Waals surface area contributed by atoms with Gasteiger partial charge in [-0.05, 0) is 0 Å². The molecule has 0 aliphatic rings. The third kappa shape index (κ3) is 9.54. The molecule has 1 unspecified atom stereocenters. The molecule has 4 N–H and O–H groups in total. The molecule has 0 bridgehead atoms. The van der Waals surface area contributed by atoms with Gasteiger partial charge < -0.3 is 20.9 Å². The van der Waals surface area contributed by atoms with Gasteiger partial charge in [-0.15, -0.1) is 0 Å². The molecule has 0 fully saturated rings. The van der Waals surface area contributed by atoms with Crippen LogP contribution in [0.25, 0.3) is 0 Å². The Morgan fingerprint density at radius 2 is 2.18 bits per heavy atom. The second-order valence-corrected chi connectivity index (χ2v) is 2.47. The van der Waals surface area contributed by atoms with Gasteiger partial charge in [0.05, 0.1) is 18.6 Å². The number of hydrogen-bond donors (Lipinski definition) is 3. The van der Waals surface area contributed by atoms with Crippen LogP contribution in [-0.4, -0.2) is 31.3 Å². The van der Waals surface area contributed by atoms with E-state index in [0.29, 0.717) is 6.61 Å². The van der Waals surface area contributed by atoms with Crippen LogP contribution in [0.3, 0.4) is 0 Å². The van der Waals surface area contributed by atoms with Gasteiger partial charge in [0.25, 0.3) is 0 Å². The van der Waals surface area contributed by atoms with Gasteiger partial charge in [-0.1, -0.05) is 0 Å². The number of amides is 1. The molecule has 0 aromatic carbocycles. The average Bonchev–Trinajstić information content (AvgIpc) is 1.85. The second-order valence-electron chi connectivity index (χ2n) is 1.81. The first-order chi connectivity index (χ1) is 5.13. The highest BCUT2D eigenvalue weighted by Gasteiger charge is 1.95. The number of primary amides is 1. The maximum absolute atomic E-state index is 10.0. The third-order valence-electron chi connectivity index (χ3n) is 0.761. The van der Waals surface area contributed by atoms with E-state index in [1.807, 2.05) is 0 Å². The molecule has 66 valence electrons. The minimum Gasteiger partial charge on any atom is -0.447 e. The van der Waals surface area contributed by atoms with Crippen molar-refractivity contribution in [2.45, 2.75) is 5.37 Å². The Balaban J connectivity index is 2.97. The summed E-state index contributed by atoms with van der Waals surface area (Å²) in [6.45, 7) is 0.762. The molecule has 0 saturated carbocycles. The van der Waals surface area contributed by atoms with E-state index in [9.17, 15) is 4.79 Å². The summed E-state index contributed by atoms with van der Waals surface area (Å²) in [5, 5.41) is -0.302. The molecule has 0 heterocycles. The number of thiol groups is 1. The van der Waals surface area contributed by atoms with Crippen LogP contribution in [-0.2, 0) is 9.47 Å². The van der Waals surface area contributed by atoms with Crippen LogP contribution in [0.5, 0.6) is 0 Å². The van der Waals surface area contributed by atoms with Crippen molar-refractivity contribution in [2.24, 2.45) is 11.5 Å². The van der Waals surface area contributed by atoms with Crippen molar-refractivity contribution in [1.82, 2.24) is 0 Å². The fraction of sp³-hybridized carbons (Fsp3) is 0.800. The summed E-state index contributed by atoms with van der Waals surface area (Å²) in [5.74, 6) is 0. The molecular weight excluding hydrogens is 168 g/mol. The molecule has 0 aromatic heterocycles. The van der Waals surface area contributed by atoms with Crippen LogP contribution >= 0.6 is 12.6 Å². The smallest absolute Gasteiger partial charge is 0.404 e. The van der Waals surface area contributed by atoms with Gasteiger partial charge in [-0.25, -0.2) is 4.79 Å². The fourth-order valence-electron chi connectivity index (χ4n) is 0.405. The minimum absolute atomic E-state index is 0.149. The van der Waals surface area contributed by atoms with Gasteiger partial charge in [-0.2, -0.15) is 12.6 Å². The molecule has 11 heavy (non-hydrogen) atoms. The van der Waals surface area contributed by atoms with Crippen molar-refractivity contribution in [3.05, 3.63) is 0 Å². The van der Waals surface area contributed by atoms with Crippen LogP contribution < -0.4 is 11.5 Å². The normalized spacial score (nSPS) is 12.5. The van der Waals surface area contributed by atoms with E-state index in [1.165, 1.54) is 0 Å². The Hall–Kier alpha value is -0.460. The molecule has 1 amide bonds. The highest BCUT2D eigenvalue weighted by Crippen LogP contribution is 1.85. The van der Waals surface area contributed by atoms with Crippen LogP contribution in [0.4, 0.5) is 4.79 Å². The first-order valence-corrected chi connectivity index (χ1v) is 3.58. The van der Waals surface area contributed by atoms with E-state index in [2.05, 4.69) is 23.1 Å². The standard InChI is InChI=1S/C5H12N2O3S/c6-4(11)3-9-1-2-10-5(7)8/h4,11H,1-3,6H2,(H2,7,8). The predicted molar refractivity (Wildman–Crippen MR) is 43.3 cm³/mol. The minimum atomic E-state index is -0.802. The zero-order chi connectivity index (χ0) is 8.69. The summed E-state index contributed by atoms with van der Waals surface area (Å²) in [5.41, 5.74) is 9.92. The number of nitrogens with two attached hydrogens (primary N) is 2. The Morgan fingerprint density at radius 1 is 1.55 bits per heavy atom. The van der Waals surface area contributed by atoms with Crippen LogP contribution in [0.1, 0.15) is 0 Å². The zero-order valence-electron chi connectivity index (χ0n) is 6.03. The van der Waals surface area contributed by atoms with Crippen molar-refractivity contribution in [3.8, 4) is 0 Å². The lowest BCUT2D eigenvalue weighted by molar-refractivity contribution is 0.0778. The Kier molecular flexibility index (Phi) is 6.00. The van der Waals surface area contributed by atoms with E-state index < -0.39 is 6.09 Å². The molecule has 0 aliphatic heterocycles. The lowest BCUT2D eigenvalue weighted by atomic mass is 10.7. The first kappa shape index (κ1) is 10.5. The molecular formula is C5H12N2O3S. The summed E-state index contributed by atoms with van der Waals surface area (Å²) in [7, 11) is 0. The van der Waals surface area contributed by atoms with E-state index in [-0.39, 0.29) is 18.6 Å². The number of hydrogen-bond acceptors (Lipinski definition) is 5. The van der Waals surface area contributed by atoms with Crippen LogP contribution in [0.15, 0.2) is 0 Å². The largest absolute Gasteiger partial charge is 0.447 e. The molecule has 0 spiro atoms. The third-order valence-corrected chi connectivity index (χ3v) is 0.910. The summed E-state index contributed by atoms with van der Waals surface area (Å²) in [6, 6.07) is 0. The van der Waals surface area contributed by atoms with E-state index in [0.717, 1.165) is 0 Å². The van der Waals surface area contributed by atoms with Crippen molar-refractivity contribution >= 4 is 18.7 Å². The summed E-state index contributed by atoms with van der Waals surface area (Å²) >= 11 is 3.86. The van der Waals surface area contributed by atoms with Crippen molar-refractivity contribution in [3.63, 3.8) is 0 Å². The van der Waals surface area contributed by atoms with Gasteiger partial charge in [0.1, 0.15) is 6.61 Å². The predicted octanol–water partition coefficient (Wildman–Crippen LogP) is -0.687. The number of carbonyl (C=O) groups excluding carboxylic acids is 1. The van der Waals surface area contributed by atoms with E-state index >= 15 is 0 Å². The molecule has 5 nitrogen and oxygen atoms in total. The quantitative estimate of drug-likeness (QED) is 0.297. The molecule has 0 aromatic rings. The summed E-state index contributed by atoms with van der Waals surface area (Å²) < 4.78 is 9.28. The number of carbonyl (C=O) groups is 1. The maximum Gasteiger partial charge on any atom is 0.404 e. The average molecular weight is 180 g/mol. The lowest BCUT2D eigenvalue weighted by Crippen LogP contribution is -2.22. The highest BCUT2D eigenvalue weighted by molar-refractivity contribution is 7.80. The van der Waals surface area contributed by atoms with Crippen LogP contribution in [0.2, 0.25) is 0 Å². The van der Waals surface area contributed by atoms with Crippen LogP contribution in [0, 0.1) is 0 Å². The van der Waals surface area contributed by atoms with Gasteiger partial charge in [-0.3, -0.25) is 0 Å². The first-order valence-electron chi connectivity index (χ1n) is 3.06. The van der Waals surface area contributed by atoms with Gasteiger partial charge in [0.2, 0.25) is 0 Å². The Labute approximate surface area is 70.4 Å². The van der Waals surface area contributed by atoms with Crippen molar-refractivity contribution in [1.29, 1.82) is 0 Å². The van der Waals surface area contributed by atoms with Gasteiger partial charge in [0.15, 0.2) is 0 Å². The molecule has 0 rings (SSSR count). The molecule has 0 radical (unpaired) electrons. The molecule has 1 atom stereocenters. The summed E-state index contributed by atoms with van der Waals surface area (Å²) in [6.07, 6.45) is -0.802. The maximum atomic E-state index is 10.0. The number of ether oxygens (including phenoxy) is 2. The van der Waals surface area contributed by atoms with Crippen molar-refractivity contribution in [2.75, 3.05) is 19.8 Å². The highest BCUT2D eigenvalue weighted by atomic mass is 32.1. The zero-order valence-corrected chi connectivity index (χ0v) is 6.92. The fourth-order valence-corrected chi connectivity index (χ4v) is 0.511. The molecule has 6 heteroatoms.